The van der Waals surface area contributed by atoms with E-state index in [2.05, 4.69) is 45.3 Å². The van der Waals surface area contributed by atoms with E-state index in [-0.39, 0.29) is 20.1 Å². The molecule has 0 spiro atoms. The molecule has 20 heavy (non-hydrogen) atoms. The summed E-state index contributed by atoms with van der Waals surface area (Å²) in [5, 5.41) is 0. The molecule has 2 aromatic rings. The van der Waals surface area contributed by atoms with E-state index in [4.69, 9.17) is 0 Å². The molecule has 1 nitrogen and oxygen atoms in total. The predicted octanol–water partition coefficient (Wildman–Crippen LogP) is 5.06. The van der Waals surface area contributed by atoms with Crippen molar-refractivity contribution in [3.63, 3.8) is 0 Å². The van der Waals surface area contributed by atoms with Gasteiger partial charge in [0.25, 0.3) is 0 Å². The van der Waals surface area contributed by atoms with E-state index in [1.807, 2.05) is 12.1 Å². The van der Waals surface area contributed by atoms with Gasteiger partial charge in [-0.1, -0.05) is 26.5 Å². The van der Waals surface area contributed by atoms with Crippen LogP contribution in [-0.4, -0.2) is 4.98 Å². The maximum atomic E-state index is 4.67. The molecule has 0 saturated heterocycles. The molecule has 1 aromatic heterocycles. The van der Waals surface area contributed by atoms with E-state index < -0.39 is 0 Å². The first kappa shape index (κ1) is 14.4. The zero-order valence-electron chi connectivity index (χ0n) is 11.0. The summed E-state index contributed by atoms with van der Waals surface area (Å²) in [4.78, 5) is 4.67. The summed E-state index contributed by atoms with van der Waals surface area (Å²) in [6, 6.07) is 11.6. The minimum absolute atomic E-state index is 0. The Hall–Kier alpha value is -0.501. The van der Waals surface area contributed by atoms with Crippen LogP contribution in [0.2, 0.25) is 0 Å². The van der Waals surface area contributed by atoms with Gasteiger partial charge in [0.2, 0.25) is 0 Å². The summed E-state index contributed by atoms with van der Waals surface area (Å²) in [6.07, 6.45) is 7.57. The second kappa shape index (κ2) is 5.71. The van der Waals surface area contributed by atoms with Crippen LogP contribution in [0, 0.1) is 6.07 Å². The summed E-state index contributed by atoms with van der Waals surface area (Å²) in [5.41, 5.74) is 5.22. The van der Waals surface area contributed by atoms with Crippen molar-refractivity contribution in [3.8, 4) is 11.3 Å². The van der Waals surface area contributed by atoms with Gasteiger partial charge in [-0.3, -0.25) is 0 Å². The smallest absolute Gasteiger partial charge is 0.0198 e. The summed E-state index contributed by atoms with van der Waals surface area (Å²) in [6.45, 7) is 0. The molecule has 1 aromatic carbocycles. The van der Waals surface area contributed by atoms with Gasteiger partial charge in [-0.2, -0.15) is 0 Å². The Labute approximate surface area is 141 Å². The topological polar surface area (TPSA) is 12.9 Å². The molecule has 1 saturated carbocycles. The second-order valence-corrected chi connectivity index (χ2v) is 6.58. The molecule has 0 aliphatic heterocycles. The van der Waals surface area contributed by atoms with Crippen molar-refractivity contribution in [1.82, 2.24) is 4.98 Å². The maximum absolute atomic E-state index is 4.67. The first-order valence-corrected chi connectivity index (χ1v) is 7.78. The predicted molar refractivity (Wildman–Crippen MR) is 80.2 cm³/mol. The molecule has 3 aliphatic carbocycles. The van der Waals surface area contributed by atoms with E-state index in [1.54, 1.807) is 5.56 Å². The minimum atomic E-state index is 0. The van der Waals surface area contributed by atoms with E-state index in [9.17, 15) is 0 Å². The quantitative estimate of drug-likeness (QED) is 0.494. The number of benzene rings is 1. The first-order chi connectivity index (χ1) is 9.31. The van der Waals surface area contributed by atoms with Gasteiger partial charge in [0.1, 0.15) is 0 Å². The molecule has 2 bridgehead atoms. The monoisotopic (exact) mass is 505 g/mol. The second-order valence-electron chi connectivity index (χ2n) is 5.67. The summed E-state index contributed by atoms with van der Waals surface area (Å²) < 4.78 is 1.09. The van der Waals surface area contributed by atoms with Gasteiger partial charge in [-0.15, -0.1) is 29.8 Å². The molecule has 3 aliphatic rings. The summed E-state index contributed by atoms with van der Waals surface area (Å²) in [7, 11) is 0. The van der Waals surface area contributed by atoms with Crippen molar-refractivity contribution < 1.29 is 20.1 Å². The van der Waals surface area contributed by atoms with Crippen LogP contribution in [0.25, 0.3) is 11.3 Å². The van der Waals surface area contributed by atoms with Gasteiger partial charge in [0.05, 0.1) is 0 Å². The molecule has 105 valence electrons. The number of nitrogens with zero attached hydrogens (tertiary/aromatic N) is 1. The third-order valence-corrected chi connectivity index (χ3v) is 5.11. The normalized spacial score (nSPS) is 23.1. The van der Waals surface area contributed by atoms with Crippen LogP contribution in [0.3, 0.4) is 0 Å². The van der Waals surface area contributed by atoms with Crippen molar-refractivity contribution in [2.75, 3.05) is 0 Å². The molecule has 3 heteroatoms. The molecule has 0 N–H and O–H groups in total. The van der Waals surface area contributed by atoms with E-state index in [1.165, 1.54) is 31.2 Å². The summed E-state index contributed by atoms with van der Waals surface area (Å²) in [5.74, 6) is 1.54. The number of hydrogen-bond donors (Lipinski definition) is 0. The molecule has 1 radical (unpaired) electrons. The van der Waals surface area contributed by atoms with Crippen LogP contribution < -0.4 is 0 Å². The maximum Gasteiger partial charge on any atom is 0.0198 e. The van der Waals surface area contributed by atoms with Crippen molar-refractivity contribution in [3.05, 3.63) is 52.1 Å². The van der Waals surface area contributed by atoms with Gasteiger partial charge >= 0.3 is 0 Å². The van der Waals surface area contributed by atoms with Crippen LogP contribution in [0.4, 0.5) is 0 Å². The van der Waals surface area contributed by atoms with Gasteiger partial charge in [-0.25, -0.2) is 0 Å². The number of fused-ring (bicyclic) bond motifs is 2. The number of hydrogen-bond acceptors (Lipinski definition) is 1. The standard InChI is InChI=1S/C17H15BrN.Ir/c18-14-3-1-2-13(8-14)17-9-15-11-4-6-12(7-5-11)16(15)10-19-17;/h1,3,8-12H,4-7H2;/q-1;. The van der Waals surface area contributed by atoms with Gasteiger partial charge in [-0.05, 0) is 54.3 Å². The largest absolute Gasteiger partial charge is 0.304 e. The zero-order valence-corrected chi connectivity index (χ0v) is 15.0. The van der Waals surface area contributed by atoms with Crippen LogP contribution >= 0.6 is 15.9 Å². The van der Waals surface area contributed by atoms with E-state index in [0.717, 1.165) is 27.6 Å². The van der Waals surface area contributed by atoms with Crippen molar-refractivity contribution in [2.24, 2.45) is 0 Å². The van der Waals surface area contributed by atoms with Crippen molar-refractivity contribution in [1.29, 1.82) is 0 Å². The van der Waals surface area contributed by atoms with Gasteiger partial charge in [0, 0.05) is 26.3 Å². The molecule has 0 unspecified atom stereocenters. The number of halogens is 1. The first-order valence-electron chi connectivity index (χ1n) is 6.99. The Bertz CT molecular complexity index is 633. The molecular formula is C17H15BrIrN-. The average molecular weight is 505 g/mol. The Balaban J connectivity index is 0.00000121. The SMILES string of the molecule is Brc1cc[c-]c(-c2cc3c(cn2)C2CCC3CC2)c1.[Ir]. The van der Waals surface area contributed by atoms with E-state index in [0.29, 0.717) is 0 Å². The van der Waals surface area contributed by atoms with Crippen LogP contribution in [0.1, 0.15) is 48.6 Å². The molecular weight excluding hydrogens is 490 g/mol. The van der Waals surface area contributed by atoms with Gasteiger partial charge in [0.15, 0.2) is 0 Å². The minimum Gasteiger partial charge on any atom is -0.304 e. The van der Waals surface area contributed by atoms with Crippen LogP contribution in [-0.2, 0) is 20.1 Å². The molecule has 0 atom stereocenters. The van der Waals surface area contributed by atoms with Crippen LogP contribution in [0.5, 0.6) is 0 Å². The molecule has 5 rings (SSSR count). The Kier molecular flexibility index (Phi) is 4.12. The zero-order chi connectivity index (χ0) is 12.8. The average Bonchev–Trinajstić information content (AvgIpc) is 2.48. The van der Waals surface area contributed by atoms with Gasteiger partial charge < -0.3 is 4.98 Å². The summed E-state index contributed by atoms with van der Waals surface area (Å²) >= 11 is 3.52. The molecule has 0 amide bonds. The fraction of sp³-hybridized carbons (Fsp3) is 0.353. The van der Waals surface area contributed by atoms with E-state index >= 15 is 0 Å². The fourth-order valence-electron chi connectivity index (χ4n) is 3.63. The fourth-order valence-corrected chi connectivity index (χ4v) is 3.99. The third kappa shape index (κ3) is 2.41. The van der Waals surface area contributed by atoms with Crippen molar-refractivity contribution >= 4 is 15.9 Å². The number of rotatable bonds is 1. The molecule has 1 fully saturated rings. The number of pyridine rings is 1. The van der Waals surface area contributed by atoms with Crippen LogP contribution in [0.15, 0.2) is 34.9 Å². The number of aromatic nitrogens is 1. The Morgan fingerprint density at radius 3 is 2.45 bits per heavy atom. The van der Waals surface area contributed by atoms with Crippen molar-refractivity contribution in [2.45, 2.75) is 37.5 Å². The Morgan fingerprint density at radius 2 is 1.75 bits per heavy atom. The third-order valence-electron chi connectivity index (χ3n) is 4.61. The Morgan fingerprint density at radius 1 is 1.05 bits per heavy atom. The molecule has 1 heterocycles.